The largest absolute Gasteiger partial charge is 0.438 e. The monoisotopic (exact) mass is 308 g/mol. The average molecular weight is 308 g/mol. The van der Waals surface area contributed by atoms with Gasteiger partial charge in [-0.2, -0.15) is 0 Å². The van der Waals surface area contributed by atoms with E-state index >= 15 is 0 Å². The normalized spacial score (nSPS) is 11.6. The Morgan fingerprint density at radius 1 is 1.14 bits per heavy atom. The van der Waals surface area contributed by atoms with E-state index in [1.165, 1.54) is 26.2 Å². The maximum absolute atomic E-state index is 11.9. The molecule has 0 radical (unpaired) electrons. The number of furan rings is 1. The van der Waals surface area contributed by atoms with Crippen molar-refractivity contribution in [3.05, 3.63) is 53.8 Å². The summed E-state index contributed by atoms with van der Waals surface area (Å²) in [5.41, 5.74) is 0.943. The van der Waals surface area contributed by atoms with E-state index in [9.17, 15) is 13.2 Å². The molecule has 0 unspecified atom stereocenters. The van der Waals surface area contributed by atoms with Gasteiger partial charge in [0.2, 0.25) is 5.09 Å². The lowest BCUT2D eigenvalue weighted by Crippen LogP contribution is -2.23. The van der Waals surface area contributed by atoms with Crippen LogP contribution in [0, 0.1) is 0 Å². The molecule has 2 aromatic rings. The molecule has 0 atom stereocenters. The second-order valence-electron chi connectivity index (χ2n) is 4.57. The molecule has 0 fully saturated rings. The van der Waals surface area contributed by atoms with Crippen molar-refractivity contribution in [1.29, 1.82) is 0 Å². The topological polar surface area (TPSA) is 79.6 Å². The van der Waals surface area contributed by atoms with Gasteiger partial charge in [-0.05, 0) is 17.7 Å². The number of nitrogens with one attached hydrogen (secondary N) is 1. The maximum atomic E-state index is 11.9. The molecule has 1 aromatic carbocycles. The van der Waals surface area contributed by atoms with Crippen LogP contribution in [0.1, 0.15) is 16.1 Å². The summed E-state index contributed by atoms with van der Waals surface area (Å²) >= 11 is 0. The van der Waals surface area contributed by atoms with Crippen LogP contribution in [-0.2, 0) is 16.6 Å². The molecule has 112 valence electrons. The fourth-order valence-corrected chi connectivity index (χ4v) is 2.42. The summed E-state index contributed by atoms with van der Waals surface area (Å²) in [4.78, 5) is 11.9. The molecular weight excluding hydrogens is 292 g/mol. The van der Waals surface area contributed by atoms with Crippen LogP contribution in [0.4, 0.5) is 0 Å². The SMILES string of the molecule is CN(C)S(=O)(=O)c1ccc(C(=O)NCc2ccccc2)o1. The van der Waals surface area contributed by atoms with Gasteiger partial charge in [-0.25, -0.2) is 12.7 Å². The highest BCUT2D eigenvalue weighted by Gasteiger charge is 2.23. The Morgan fingerprint density at radius 2 is 1.81 bits per heavy atom. The zero-order valence-corrected chi connectivity index (χ0v) is 12.6. The molecule has 7 heteroatoms. The zero-order chi connectivity index (χ0) is 15.5. The van der Waals surface area contributed by atoms with E-state index in [1.54, 1.807) is 0 Å². The Labute approximate surface area is 123 Å². The smallest absolute Gasteiger partial charge is 0.287 e. The van der Waals surface area contributed by atoms with Crippen LogP contribution >= 0.6 is 0 Å². The van der Waals surface area contributed by atoms with Gasteiger partial charge in [0, 0.05) is 20.6 Å². The van der Waals surface area contributed by atoms with Gasteiger partial charge < -0.3 is 9.73 Å². The Morgan fingerprint density at radius 3 is 2.43 bits per heavy atom. The van der Waals surface area contributed by atoms with Gasteiger partial charge in [-0.15, -0.1) is 0 Å². The Bertz CT molecular complexity index is 720. The van der Waals surface area contributed by atoms with Crippen molar-refractivity contribution >= 4 is 15.9 Å². The molecule has 1 heterocycles. The van der Waals surface area contributed by atoms with Gasteiger partial charge in [-0.3, -0.25) is 4.79 Å². The molecule has 0 saturated heterocycles. The standard InChI is InChI=1S/C14H16N2O4S/c1-16(2)21(18,19)13-9-8-12(20-13)14(17)15-10-11-6-4-3-5-7-11/h3-9H,10H2,1-2H3,(H,15,17). The summed E-state index contributed by atoms with van der Waals surface area (Å²) in [6.45, 7) is 0.343. The van der Waals surface area contributed by atoms with Crippen LogP contribution in [0.2, 0.25) is 0 Å². The average Bonchev–Trinajstić information content (AvgIpc) is 2.96. The molecule has 2 rings (SSSR count). The minimum absolute atomic E-state index is 0.0358. The number of carbonyl (C=O) groups excluding carboxylic acids is 1. The molecule has 0 saturated carbocycles. The lowest BCUT2D eigenvalue weighted by molar-refractivity contribution is 0.0917. The molecule has 1 amide bonds. The Hall–Kier alpha value is -2.12. The summed E-state index contributed by atoms with van der Waals surface area (Å²) in [5, 5.41) is 2.42. The number of amides is 1. The van der Waals surface area contributed by atoms with Crippen molar-refractivity contribution in [3.8, 4) is 0 Å². The predicted molar refractivity (Wildman–Crippen MR) is 77.2 cm³/mol. The summed E-state index contributed by atoms with van der Waals surface area (Å²) in [6.07, 6.45) is 0. The van der Waals surface area contributed by atoms with Crippen LogP contribution in [-0.4, -0.2) is 32.7 Å². The van der Waals surface area contributed by atoms with Gasteiger partial charge in [0.15, 0.2) is 5.76 Å². The second kappa shape index (κ2) is 6.11. The number of hydrogen-bond donors (Lipinski definition) is 1. The van der Waals surface area contributed by atoms with E-state index < -0.39 is 15.9 Å². The lowest BCUT2D eigenvalue weighted by atomic mass is 10.2. The van der Waals surface area contributed by atoms with E-state index in [4.69, 9.17) is 4.42 Å². The van der Waals surface area contributed by atoms with Crippen molar-refractivity contribution in [2.75, 3.05) is 14.1 Å². The van der Waals surface area contributed by atoms with E-state index in [-0.39, 0.29) is 10.9 Å². The fraction of sp³-hybridized carbons (Fsp3) is 0.214. The van der Waals surface area contributed by atoms with Crippen molar-refractivity contribution < 1.29 is 17.6 Å². The highest BCUT2D eigenvalue weighted by molar-refractivity contribution is 7.88. The minimum atomic E-state index is -3.67. The second-order valence-corrected chi connectivity index (χ2v) is 6.66. The number of nitrogens with zero attached hydrogens (tertiary/aromatic N) is 1. The van der Waals surface area contributed by atoms with Gasteiger partial charge >= 0.3 is 0 Å². The molecule has 6 nitrogen and oxygen atoms in total. The van der Waals surface area contributed by atoms with Crippen LogP contribution < -0.4 is 5.32 Å². The van der Waals surface area contributed by atoms with Crippen molar-refractivity contribution in [2.45, 2.75) is 11.6 Å². The first kappa shape index (κ1) is 15.3. The summed E-state index contributed by atoms with van der Waals surface area (Å²) in [7, 11) is -0.878. The first-order valence-corrected chi connectivity index (χ1v) is 7.70. The number of carbonyl (C=O) groups is 1. The third-order valence-corrected chi connectivity index (χ3v) is 4.53. The van der Waals surface area contributed by atoms with Crippen LogP contribution in [0.25, 0.3) is 0 Å². The van der Waals surface area contributed by atoms with Gasteiger partial charge in [0.1, 0.15) is 0 Å². The third-order valence-electron chi connectivity index (χ3n) is 2.84. The van der Waals surface area contributed by atoms with Crippen molar-refractivity contribution in [3.63, 3.8) is 0 Å². The van der Waals surface area contributed by atoms with E-state index in [0.717, 1.165) is 9.87 Å². The molecule has 1 aromatic heterocycles. The van der Waals surface area contributed by atoms with Crippen LogP contribution in [0.5, 0.6) is 0 Å². The van der Waals surface area contributed by atoms with E-state index in [0.29, 0.717) is 6.54 Å². The molecular formula is C14H16N2O4S. The van der Waals surface area contributed by atoms with Crippen LogP contribution in [0.3, 0.4) is 0 Å². The summed E-state index contributed by atoms with van der Waals surface area (Å²) in [5.74, 6) is -0.495. The Balaban J connectivity index is 2.06. The molecule has 0 bridgehead atoms. The number of rotatable bonds is 5. The Kier molecular flexibility index (Phi) is 4.44. The van der Waals surface area contributed by atoms with Gasteiger partial charge in [-0.1, -0.05) is 30.3 Å². The predicted octanol–water partition coefficient (Wildman–Crippen LogP) is 1.46. The zero-order valence-electron chi connectivity index (χ0n) is 11.7. The summed E-state index contributed by atoms with van der Waals surface area (Å²) in [6, 6.07) is 12.0. The van der Waals surface area contributed by atoms with E-state index in [1.807, 2.05) is 30.3 Å². The maximum Gasteiger partial charge on any atom is 0.287 e. The van der Waals surface area contributed by atoms with Crippen LogP contribution in [0.15, 0.2) is 52.0 Å². The van der Waals surface area contributed by atoms with Crippen molar-refractivity contribution in [1.82, 2.24) is 9.62 Å². The molecule has 0 aliphatic heterocycles. The first-order valence-electron chi connectivity index (χ1n) is 6.26. The molecule has 1 N–H and O–H groups in total. The highest BCUT2D eigenvalue weighted by atomic mass is 32.2. The quantitative estimate of drug-likeness (QED) is 0.907. The molecule has 0 spiro atoms. The molecule has 21 heavy (non-hydrogen) atoms. The lowest BCUT2D eigenvalue weighted by Gasteiger charge is -2.07. The van der Waals surface area contributed by atoms with E-state index in [2.05, 4.69) is 5.32 Å². The van der Waals surface area contributed by atoms with Gasteiger partial charge in [0.05, 0.1) is 0 Å². The molecule has 0 aliphatic carbocycles. The minimum Gasteiger partial charge on any atom is -0.438 e. The third kappa shape index (κ3) is 3.50. The van der Waals surface area contributed by atoms with Gasteiger partial charge in [0.25, 0.3) is 15.9 Å². The number of sulfonamides is 1. The number of benzene rings is 1. The van der Waals surface area contributed by atoms with Crippen molar-refractivity contribution in [2.24, 2.45) is 0 Å². The molecule has 0 aliphatic rings. The summed E-state index contributed by atoms with van der Waals surface area (Å²) < 4.78 is 29.8. The number of hydrogen-bond acceptors (Lipinski definition) is 4. The highest BCUT2D eigenvalue weighted by Crippen LogP contribution is 2.16. The fourth-order valence-electron chi connectivity index (χ4n) is 1.63. The first-order chi connectivity index (χ1) is 9.91.